The minimum Gasteiger partial charge on any atom is -0.484 e. The lowest BCUT2D eigenvalue weighted by molar-refractivity contribution is -0.142. The van der Waals surface area contributed by atoms with Gasteiger partial charge in [0.2, 0.25) is 15.9 Å². The van der Waals surface area contributed by atoms with Crippen LogP contribution in [0, 0.1) is 0 Å². The second-order valence-electron chi connectivity index (χ2n) is 9.52. The predicted molar refractivity (Wildman–Crippen MR) is 156 cm³/mol. The first kappa shape index (κ1) is 30.0. The molecule has 216 valence electrons. The Morgan fingerprint density at radius 1 is 0.951 bits per heavy atom. The molecule has 0 spiro atoms. The number of nitrogens with one attached hydrogen (secondary N) is 1. The third-order valence-electron chi connectivity index (χ3n) is 6.68. The molecule has 3 aromatic rings. The first-order valence-corrected chi connectivity index (χ1v) is 14.9. The molecule has 0 aliphatic carbocycles. The summed E-state index contributed by atoms with van der Waals surface area (Å²) in [7, 11) is -3.65. The van der Waals surface area contributed by atoms with Crippen LogP contribution in [0.1, 0.15) is 11.1 Å². The van der Waals surface area contributed by atoms with Crippen molar-refractivity contribution in [3.05, 3.63) is 109 Å². The molecule has 1 atom stereocenters. The van der Waals surface area contributed by atoms with E-state index in [-0.39, 0.29) is 36.4 Å². The van der Waals surface area contributed by atoms with Crippen molar-refractivity contribution in [2.45, 2.75) is 23.9 Å². The van der Waals surface area contributed by atoms with Gasteiger partial charge in [-0.05, 0) is 35.4 Å². The summed E-state index contributed by atoms with van der Waals surface area (Å²) >= 11 is 0. The second kappa shape index (κ2) is 14.6. The first-order chi connectivity index (χ1) is 19.9. The normalized spacial score (nSPS) is 14.5. The summed E-state index contributed by atoms with van der Waals surface area (Å²) in [6.07, 6.45) is 1.91. The monoisotopic (exact) mass is 577 g/mol. The van der Waals surface area contributed by atoms with E-state index in [0.29, 0.717) is 38.5 Å². The summed E-state index contributed by atoms with van der Waals surface area (Å²) in [6.45, 7) is 5.15. The number of carbonyl (C=O) groups excluding carboxylic acids is 2. The largest absolute Gasteiger partial charge is 0.484 e. The Morgan fingerprint density at radius 2 is 1.56 bits per heavy atom. The number of benzene rings is 3. The lowest BCUT2D eigenvalue weighted by Gasteiger charge is -2.31. The molecule has 4 rings (SSSR count). The number of ether oxygens (including phenoxy) is 2. The Morgan fingerprint density at radius 3 is 2.17 bits per heavy atom. The Hall–Kier alpha value is -3.99. The summed E-state index contributed by atoms with van der Waals surface area (Å²) in [5.41, 5.74) is 1.78. The number of hydrogen-bond donors (Lipinski definition) is 1. The molecular formula is C31H35N3O6S. The van der Waals surface area contributed by atoms with Crippen molar-refractivity contribution >= 4 is 21.8 Å². The van der Waals surface area contributed by atoms with Crippen LogP contribution in [0.3, 0.4) is 0 Å². The van der Waals surface area contributed by atoms with E-state index < -0.39 is 16.1 Å². The summed E-state index contributed by atoms with van der Waals surface area (Å²) in [5, 5.41) is 2.83. The van der Waals surface area contributed by atoms with Gasteiger partial charge in [0.25, 0.3) is 5.91 Å². The van der Waals surface area contributed by atoms with Gasteiger partial charge in [0.15, 0.2) is 6.61 Å². The van der Waals surface area contributed by atoms with Gasteiger partial charge >= 0.3 is 0 Å². The molecule has 0 aromatic heterocycles. The van der Waals surface area contributed by atoms with Crippen molar-refractivity contribution in [1.29, 1.82) is 0 Å². The van der Waals surface area contributed by atoms with Crippen molar-refractivity contribution in [3.8, 4) is 5.75 Å². The van der Waals surface area contributed by atoms with E-state index in [9.17, 15) is 18.0 Å². The maximum Gasteiger partial charge on any atom is 0.261 e. The molecule has 1 N–H and O–H groups in total. The van der Waals surface area contributed by atoms with E-state index in [1.165, 1.54) is 33.5 Å². The molecule has 2 amide bonds. The molecule has 1 fully saturated rings. The maximum atomic E-state index is 13.6. The van der Waals surface area contributed by atoms with E-state index in [1.807, 2.05) is 60.7 Å². The zero-order valence-electron chi connectivity index (χ0n) is 22.9. The summed E-state index contributed by atoms with van der Waals surface area (Å²) in [6, 6.07) is 24.2. The van der Waals surface area contributed by atoms with E-state index >= 15 is 0 Å². The summed E-state index contributed by atoms with van der Waals surface area (Å²) < 4.78 is 38.3. The highest BCUT2D eigenvalue weighted by molar-refractivity contribution is 7.89. The Labute approximate surface area is 241 Å². The highest BCUT2D eigenvalue weighted by Gasteiger charge is 2.31. The number of rotatable bonds is 13. The number of carbonyl (C=O) groups is 2. The van der Waals surface area contributed by atoms with Gasteiger partial charge in [0.05, 0.1) is 18.1 Å². The van der Waals surface area contributed by atoms with E-state index in [4.69, 9.17) is 9.47 Å². The smallest absolute Gasteiger partial charge is 0.261 e. The van der Waals surface area contributed by atoms with Crippen molar-refractivity contribution in [2.24, 2.45) is 0 Å². The van der Waals surface area contributed by atoms with E-state index in [0.717, 1.165) is 11.1 Å². The average molecular weight is 578 g/mol. The van der Waals surface area contributed by atoms with Gasteiger partial charge in [0, 0.05) is 32.6 Å². The van der Waals surface area contributed by atoms with Crippen LogP contribution in [0.4, 0.5) is 0 Å². The highest BCUT2D eigenvalue weighted by atomic mass is 32.2. The van der Waals surface area contributed by atoms with Crippen LogP contribution < -0.4 is 10.1 Å². The van der Waals surface area contributed by atoms with Gasteiger partial charge in [-0.1, -0.05) is 66.7 Å². The molecular weight excluding hydrogens is 542 g/mol. The highest BCUT2D eigenvalue weighted by Crippen LogP contribution is 2.21. The van der Waals surface area contributed by atoms with Gasteiger partial charge in [-0.3, -0.25) is 9.59 Å². The fourth-order valence-corrected chi connectivity index (χ4v) is 5.90. The molecule has 1 saturated heterocycles. The summed E-state index contributed by atoms with van der Waals surface area (Å²) in [4.78, 5) is 28.6. The van der Waals surface area contributed by atoms with Crippen molar-refractivity contribution in [2.75, 3.05) is 39.5 Å². The fourth-order valence-electron chi connectivity index (χ4n) is 4.50. The standard InChI is InChI=1S/C31H35N3O6S/c1-2-17-32-31(36)29(22-25-9-5-3-6-10-25)34(23-26-11-7-4-8-12-26)30(35)24-40-27-13-15-28(16-14-27)41(37,38)33-18-20-39-21-19-33/h2-16,29H,1,17-24H2,(H,32,36)/t29-/m1/s1. The molecule has 1 aliphatic rings. The molecule has 3 aromatic carbocycles. The van der Waals surface area contributed by atoms with Gasteiger partial charge in [-0.2, -0.15) is 4.31 Å². The maximum absolute atomic E-state index is 13.6. The number of sulfonamides is 1. The van der Waals surface area contributed by atoms with Crippen LogP contribution >= 0.6 is 0 Å². The third-order valence-corrected chi connectivity index (χ3v) is 8.59. The van der Waals surface area contributed by atoms with Gasteiger partial charge in [0.1, 0.15) is 11.8 Å². The van der Waals surface area contributed by atoms with E-state index in [1.54, 1.807) is 6.08 Å². The van der Waals surface area contributed by atoms with Crippen LogP contribution in [-0.2, 0) is 37.3 Å². The predicted octanol–water partition coefficient (Wildman–Crippen LogP) is 3.03. The molecule has 9 nitrogen and oxygen atoms in total. The first-order valence-electron chi connectivity index (χ1n) is 13.4. The minimum absolute atomic E-state index is 0.144. The van der Waals surface area contributed by atoms with Crippen LogP contribution in [0.5, 0.6) is 5.75 Å². The quantitative estimate of drug-likeness (QED) is 0.313. The van der Waals surface area contributed by atoms with Crippen LogP contribution in [-0.4, -0.2) is 74.9 Å². The minimum atomic E-state index is -3.65. The molecule has 0 saturated carbocycles. The van der Waals surface area contributed by atoms with Gasteiger partial charge in [-0.15, -0.1) is 6.58 Å². The SMILES string of the molecule is C=CCNC(=O)[C@@H](Cc1ccccc1)N(Cc1ccccc1)C(=O)COc1ccc(S(=O)(=O)N2CCOCC2)cc1. The zero-order chi connectivity index (χ0) is 29.1. The zero-order valence-corrected chi connectivity index (χ0v) is 23.7. The topological polar surface area (TPSA) is 105 Å². The summed E-state index contributed by atoms with van der Waals surface area (Å²) in [5.74, 6) is -0.334. The number of hydrogen-bond acceptors (Lipinski definition) is 6. The molecule has 41 heavy (non-hydrogen) atoms. The molecule has 0 bridgehead atoms. The fraction of sp³-hybridized carbons (Fsp3) is 0.290. The lowest BCUT2D eigenvalue weighted by atomic mass is 10.0. The van der Waals surface area contributed by atoms with Crippen molar-refractivity contribution < 1.29 is 27.5 Å². The van der Waals surface area contributed by atoms with Crippen LogP contribution in [0.25, 0.3) is 0 Å². The van der Waals surface area contributed by atoms with Gasteiger partial charge < -0.3 is 19.7 Å². The Kier molecular flexibility index (Phi) is 10.7. The van der Waals surface area contributed by atoms with E-state index in [2.05, 4.69) is 11.9 Å². The lowest BCUT2D eigenvalue weighted by Crippen LogP contribution is -2.51. The average Bonchev–Trinajstić information content (AvgIpc) is 3.02. The van der Waals surface area contributed by atoms with Crippen LogP contribution in [0.2, 0.25) is 0 Å². The molecule has 0 unspecified atom stereocenters. The second-order valence-corrected chi connectivity index (χ2v) is 11.5. The van der Waals surface area contributed by atoms with Crippen molar-refractivity contribution in [1.82, 2.24) is 14.5 Å². The third kappa shape index (κ3) is 8.26. The molecule has 10 heteroatoms. The molecule has 0 radical (unpaired) electrons. The van der Waals surface area contributed by atoms with Crippen molar-refractivity contribution in [3.63, 3.8) is 0 Å². The number of amides is 2. The van der Waals surface area contributed by atoms with Crippen LogP contribution in [0.15, 0.2) is 102 Å². The number of nitrogens with zero attached hydrogens (tertiary/aromatic N) is 2. The Bertz CT molecular complexity index is 1390. The van der Waals surface area contributed by atoms with Gasteiger partial charge in [-0.25, -0.2) is 8.42 Å². The molecule has 1 aliphatic heterocycles. The molecule has 1 heterocycles. The Balaban J connectivity index is 1.52. The number of morpholine rings is 1.